The zero-order valence-corrected chi connectivity index (χ0v) is 8.86. The molecular weight excluding hydrogens is 190 g/mol. The molecule has 15 heavy (non-hydrogen) atoms. The number of carbonyl (C=O) groups is 1. The van der Waals surface area contributed by atoms with Crippen molar-refractivity contribution in [3.05, 3.63) is 35.0 Å². The van der Waals surface area contributed by atoms with Gasteiger partial charge in [-0.25, -0.2) is 0 Å². The summed E-state index contributed by atoms with van der Waals surface area (Å²) in [5.74, 6) is -0.0997. The number of fused-ring (bicyclic) bond motifs is 1. The highest BCUT2D eigenvalue weighted by Gasteiger charge is 2.37. The van der Waals surface area contributed by atoms with E-state index in [0.29, 0.717) is 17.0 Å². The van der Waals surface area contributed by atoms with E-state index in [-0.39, 0.29) is 11.7 Å². The third-order valence-electron chi connectivity index (χ3n) is 2.90. The largest absolute Gasteiger partial charge is 0.618 e. The average Bonchev–Trinajstić information content (AvgIpc) is 2.52. The van der Waals surface area contributed by atoms with Crippen molar-refractivity contribution in [1.29, 1.82) is 0 Å². The van der Waals surface area contributed by atoms with Crippen LogP contribution in [0.15, 0.2) is 24.3 Å². The number of hydrogen-bond donors (Lipinski definition) is 0. The molecule has 3 nitrogen and oxygen atoms in total. The number of rotatable bonds is 2. The molecule has 0 aromatic heterocycles. The Morgan fingerprint density at radius 3 is 2.67 bits per heavy atom. The van der Waals surface area contributed by atoms with Gasteiger partial charge in [0.25, 0.3) is 5.78 Å². The van der Waals surface area contributed by atoms with Crippen LogP contribution in [0.5, 0.6) is 0 Å². The van der Waals surface area contributed by atoms with Crippen LogP contribution in [0.2, 0.25) is 0 Å². The summed E-state index contributed by atoms with van der Waals surface area (Å²) in [6.07, 6.45) is 0.799. The number of nitrogens with zero attached hydrogens (tertiary/aromatic N) is 1. The fourth-order valence-electron chi connectivity index (χ4n) is 1.82. The lowest BCUT2D eigenvalue weighted by Gasteiger charge is -2.06. The van der Waals surface area contributed by atoms with E-state index >= 15 is 0 Å². The lowest BCUT2D eigenvalue weighted by Crippen LogP contribution is -2.22. The third-order valence-corrected chi connectivity index (χ3v) is 2.90. The summed E-state index contributed by atoms with van der Waals surface area (Å²) in [4.78, 5) is 11.9. The minimum absolute atomic E-state index is 0.0161. The number of Topliss-reactive ketones (excluding diaryl/α,β-unsaturated/α-hetero) is 1. The topological polar surface area (TPSA) is 43.1 Å². The first-order chi connectivity index (χ1) is 7.16. The molecule has 1 aliphatic rings. The third kappa shape index (κ3) is 1.35. The van der Waals surface area contributed by atoms with Crippen LogP contribution in [0.3, 0.4) is 0 Å². The molecule has 0 N–H and O–H groups in total. The van der Waals surface area contributed by atoms with Crippen molar-refractivity contribution in [3.63, 3.8) is 0 Å². The minimum Gasteiger partial charge on any atom is -0.618 e. The van der Waals surface area contributed by atoms with Gasteiger partial charge in [0.15, 0.2) is 0 Å². The van der Waals surface area contributed by atoms with Gasteiger partial charge in [0.2, 0.25) is 11.4 Å². The molecular formula is C12H13NO2. The van der Waals surface area contributed by atoms with Crippen molar-refractivity contribution >= 4 is 17.2 Å². The number of hydrogen-bond acceptors (Lipinski definition) is 2. The van der Waals surface area contributed by atoms with Gasteiger partial charge in [0.05, 0.1) is 0 Å². The SMILES string of the molecule is CCC(C)C1=[N+]([O-])c2ccccc2C1=O. The van der Waals surface area contributed by atoms with Crippen LogP contribution in [0.25, 0.3) is 0 Å². The molecule has 1 aromatic rings. The second kappa shape index (κ2) is 3.50. The first-order valence-corrected chi connectivity index (χ1v) is 5.14. The first-order valence-electron chi connectivity index (χ1n) is 5.14. The van der Waals surface area contributed by atoms with Gasteiger partial charge in [-0.15, -0.1) is 0 Å². The van der Waals surface area contributed by atoms with Crippen LogP contribution in [-0.4, -0.2) is 16.2 Å². The standard InChI is InChI=1S/C12H13NO2/c1-3-8(2)11-12(14)9-6-4-5-7-10(9)13(11)15/h4-8H,3H2,1-2H3. The summed E-state index contributed by atoms with van der Waals surface area (Å²) in [6, 6.07) is 6.95. The fourth-order valence-corrected chi connectivity index (χ4v) is 1.82. The zero-order valence-electron chi connectivity index (χ0n) is 8.86. The molecule has 0 bridgehead atoms. The Bertz CT molecular complexity index is 449. The molecule has 1 unspecified atom stereocenters. The van der Waals surface area contributed by atoms with Gasteiger partial charge in [0, 0.05) is 12.0 Å². The smallest absolute Gasteiger partial charge is 0.260 e. The molecule has 0 spiro atoms. The highest BCUT2D eigenvalue weighted by atomic mass is 16.5. The Balaban J connectivity index is 2.55. The molecule has 0 aliphatic carbocycles. The minimum atomic E-state index is -0.116. The van der Waals surface area contributed by atoms with E-state index in [1.807, 2.05) is 13.8 Å². The van der Waals surface area contributed by atoms with E-state index in [0.717, 1.165) is 11.2 Å². The van der Waals surface area contributed by atoms with Crippen LogP contribution >= 0.6 is 0 Å². The summed E-state index contributed by atoms with van der Waals surface area (Å²) in [7, 11) is 0. The van der Waals surface area contributed by atoms with E-state index in [9.17, 15) is 10.0 Å². The maximum atomic E-state index is 11.9. The Kier molecular flexibility index (Phi) is 2.31. The molecule has 1 aromatic carbocycles. The molecule has 0 radical (unpaired) electrons. The molecule has 0 amide bonds. The second-order valence-electron chi connectivity index (χ2n) is 3.84. The second-order valence-corrected chi connectivity index (χ2v) is 3.84. The van der Waals surface area contributed by atoms with Crippen LogP contribution in [0.4, 0.5) is 5.69 Å². The molecule has 1 heterocycles. The van der Waals surface area contributed by atoms with Crippen LogP contribution < -0.4 is 0 Å². The van der Waals surface area contributed by atoms with Crippen molar-refractivity contribution in [1.82, 2.24) is 0 Å². The molecule has 0 fully saturated rings. The highest BCUT2D eigenvalue weighted by molar-refractivity contribution is 6.47. The summed E-state index contributed by atoms with van der Waals surface area (Å²) in [5, 5.41) is 11.9. The molecule has 0 saturated heterocycles. The molecule has 78 valence electrons. The zero-order chi connectivity index (χ0) is 11.0. The van der Waals surface area contributed by atoms with Crippen LogP contribution in [0.1, 0.15) is 30.6 Å². The van der Waals surface area contributed by atoms with E-state index in [1.165, 1.54) is 0 Å². The monoisotopic (exact) mass is 203 g/mol. The van der Waals surface area contributed by atoms with Crippen LogP contribution in [0, 0.1) is 11.1 Å². The lowest BCUT2D eigenvalue weighted by atomic mass is 9.97. The summed E-state index contributed by atoms with van der Waals surface area (Å²) < 4.78 is 0.784. The lowest BCUT2D eigenvalue weighted by molar-refractivity contribution is -0.359. The molecule has 2 rings (SSSR count). The number of benzene rings is 1. The van der Waals surface area contributed by atoms with Gasteiger partial charge in [-0.05, 0) is 12.5 Å². The van der Waals surface area contributed by atoms with E-state index in [2.05, 4.69) is 0 Å². The van der Waals surface area contributed by atoms with Crippen molar-refractivity contribution in [3.8, 4) is 0 Å². The van der Waals surface area contributed by atoms with Gasteiger partial charge >= 0.3 is 0 Å². The predicted molar refractivity (Wildman–Crippen MR) is 58.5 cm³/mol. The predicted octanol–water partition coefficient (Wildman–Crippen LogP) is 2.51. The highest BCUT2D eigenvalue weighted by Crippen LogP contribution is 2.28. The summed E-state index contributed by atoms with van der Waals surface area (Å²) in [6.45, 7) is 3.88. The molecule has 1 aliphatic heterocycles. The van der Waals surface area contributed by atoms with E-state index in [1.54, 1.807) is 24.3 Å². The normalized spacial score (nSPS) is 16.8. The summed E-state index contributed by atoms with van der Waals surface area (Å²) in [5.41, 5.74) is 1.39. The maximum absolute atomic E-state index is 11.9. The van der Waals surface area contributed by atoms with E-state index < -0.39 is 0 Å². The van der Waals surface area contributed by atoms with Gasteiger partial charge in [0.1, 0.15) is 5.56 Å². The Hall–Kier alpha value is -1.64. The molecule has 3 heteroatoms. The summed E-state index contributed by atoms with van der Waals surface area (Å²) >= 11 is 0. The average molecular weight is 203 g/mol. The van der Waals surface area contributed by atoms with Crippen molar-refractivity contribution in [2.45, 2.75) is 20.3 Å². The Morgan fingerprint density at radius 2 is 2.07 bits per heavy atom. The number of carbonyl (C=O) groups excluding carboxylic acids is 1. The number of para-hydroxylation sites is 1. The maximum Gasteiger partial charge on any atom is 0.260 e. The van der Waals surface area contributed by atoms with Gasteiger partial charge < -0.3 is 5.21 Å². The van der Waals surface area contributed by atoms with Gasteiger partial charge in [-0.3, -0.25) is 4.79 Å². The quantitative estimate of drug-likeness (QED) is 0.547. The van der Waals surface area contributed by atoms with E-state index in [4.69, 9.17) is 0 Å². The Labute approximate surface area is 88.6 Å². The molecule has 0 saturated carbocycles. The fraction of sp³-hybridized carbons (Fsp3) is 0.333. The van der Waals surface area contributed by atoms with Crippen LogP contribution in [-0.2, 0) is 0 Å². The Morgan fingerprint density at radius 1 is 1.40 bits per heavy atom. The van der Waals surface area contributed by atoms with Gasteiger partial charge in [-0.1, -0.05) is 26.0 Å². The number of ketones is 1. The van der Waals surface area contributed by atoms with Crippen molar-refractivity contribution in [2.24, 2.45) is 5.92 Å². The molecule has 1 atom stereocenters. The van der Waals surface area contributed by atoms with Gasteiger partial charge in [-0.2, -0.15) is 4.74 Å². The first kappa shape index (κ1) is 9.90. The van der Waals surface area contributed by atoms with Crippen molar-refractivity contribution < 1.29 is 9.53 Å². The van der Waals surface area contributed by atoms with Crippen molar-refractivity contribution in [2.75, 3.05) is 0 Å².